The molecule has 0 unspecified atom stereocenters. The lowest BCUT2D eigenvalue weighted by Gasteiger charge is -2.07. The number of anilines is 1. The van der Waals surface area contributed by atoms with Crippen molar-refractivity contribution in [2.24, 2.45) is 0 Å². The van der Waals surface area contributed by atoms with Gasteiger partial charge >= 0.3 is 5.97 Å². The number of Topliss-reactive ketones (excluding diaryl/α,β-unsaturated/α-hetero) is 1. The van der Waals surface area contributed by atoms with E-state index in [1.54, 1.807) is 72.8 Å². The first-order chi connectivity index (χ1) is 15.5. The number of furan rings is 1. The fraction of sp³-hybridized carbons (Fsp3) is 0.120. The van der Waals surface area contributed by atoms with Gasteiger partial charge in [0, 0.05) is 23.2 Å². The van der Waals surface area contributed by atoms with Crippen LogP contribution in [0.1, 0.15) is 39.3 Å². The average molecular weight is 431 g/mol. The molecule has 2 aromatic carbocycles. The maximum Gasteiger partial charge on any atom is 0.306 e. The summed E-state index contributed by atoms with van der Waals surface area (Å²) in [4.78, 5) is 47.9. The molecule has 32 heavy (non-hydrogen) atoms. The molecule has 1 heterocycles. The number of carbonyl (C=O) groups is 4. The van der Waals surface area contributed by atoms with E-state index in [1.807, 2.05) is 0 Å². The maximum atomic E-state index is 12.2. The molecule has 3 rings (SSSR count). The van der Waals surface area contributed by atoms with Crippen LogP contribution in [0.4, 0.5) is 5.69 Å². The highest BCUT2D eigenvalue weighted by atomic mass is 16.5. The van der Waals surface area contributed by atoms with Gasteiger partial charge in [-0.15, -0.1) is 0 Å². The standard InChI is InChI=1S/C25H21NO6/c27-22(13-12-21-7-4-16-31-21)19-8-10-20(11-9-19)26-24(29)14-15-25(30)32-17-23(28)18-5-2-1-3-6-18/h1-13,16H,14-15,17H2,(H,26,29). The Morgan fingerprint density at radius 2 is 1.59 bits per heavy atom. The SMILES string of the molecule is O=C(CCC(=O)OCC(=O)c1ccccc1)Nc1ccc(C(=O)C=Cc2ccco2)cc1. The van der Waals surface area contributed by atoms with Crippen molar-refractivity contribution < 1.29 is 28.3 Å². The van der Waals surface area contributed by atoms with Gasteiger partial charge in [0.1, 0.15) is 5.76 Å². The molecule has 7 heteroatoms. The van der Waals surface area contributed by atoms with Crippen molar-refractivity contribution in [3.05, 3.63) is 96.0 Å². The second-order valence-electron chi connectivity index (χ2n) is 6.79. The average Bonchev–Trinajstić information content (AvgIpc) is 3.34. The minimum absolute atomic E-state index is 0.0923. The molecule has 0 aliphatic rings. The van der Waals surface area contributed by atoms with Crippen LogP contribution in [0, 0.1) is 0 Å². The Balaban J connectivity index is 1.40. The first-order valence-electron chi connectivity index (χ1n) is 9.91. The molecule has 0 fully saturated rings. The normalized spacial score (nSPS) is 10.6. The van der Waals surface area contributed by atoms with Gasteiger partial charge in [-0.25, -0.2) is 0 Å². The first-order valence-corrected chi connectivity index (χ1v) is 9.91. The van der Waals surface area contributed by atoms with Gasteiger partial charge in [0.25, 0.3) is 0 Å². The van der Waals surface area contributed by atoms with Crippen LogP contribution in [-0.4, -0.2) is 30.0 Å². The number of amides is 1. The van der Waals surface area contributed by atoms with E-state index in [9.17, 15) is 19.2 Å². The third-order valence-electron chi connectivity index (χ3n) is 4.41. The minimum atomic E-state index is -0.631. The first kappa shape index (κ1) is 22.4. The van der Waals surface area contributed by atoms with Gasteiger partial charge in [-0.1, -0.05) is 30.3 Å². The van der Waals surface area contributed by atoms with Gasteiger partial charge < -0.3 is 14.5 Å². The Labute approximate surface area is 184 Å². The number of allylic oxidation sites excluding steroid dienone is 1. The molecule has 1 N–H and O–H groups in total. The molecule has 1 amide bonds. The summed E-state index contributed by atoms with van der Waals surface area (Å²) >= 11 is 0. The molecule has 0 aliphatic heterocycles. The third kappa shape index (κ3) is 6.91. The highest BCUT2D eigenvalue weighted by Crippen LogP contribution is 2.12. The summed E-state index contributed by atoms with van der Waals surface area (Å²) in [5.41, 5.74) is 1.41. The zero-order chi connectivity index (χ0) is 22.8. The lowest BCUT2D eigenvalue weighted by molar-refractivity contribution is -0.143. The molecule has 0 bridgehead atoms. The minimum Gasteiger partial charge on any atom is -0.465 e. The Morgan fingerprint density at radius 3 is 2.28 bits per heavy atom. The summed E-state index contributed by atoms with van der Waals surface area (Å²) in [6.07, 6.45) is 4.25. The number of esters is 1. The number of carbonyl (C=O) groups excluding carboxylic acids is 4. The van der Waals surface area contributed by atoms with E-state index in [1.165, 1.54) is 12.3 Å². The number of benzene rings is 2. The fourth-order valence-electron chi connectivity index (χ4n) is 2.72. The van der Waals surface area contributed by atoms with Crippen molar-refractivity contribution >= 4 is 35.2 Å². The summed E-state index contributed by atoms with van der Waals surface area (Å²) in [6.45, 7) is -0.367. The molecule has 0 radical (unpaired) electrons. The number of hydrogen-bond acceptors (Lipinski definition) is 6. The van der Waals surface area contributed by atoms with Gasteiger partial charge in [-0.05, 0) is 48.6 Å². The summed E-state index contributed by atoms with van der Waals surface area (Å²) < 4.78 is 10.1. The van der Waals surface area contributed by atoms with Crippen LogP contribution < -0.4 is 5.32 Å². The number of ether oxygens (including phenoxy) is 1. The molecular weight excluding hydrogens is 410 g/mol. The zero-order valence-electron chi connectivity index (χ0n) is 17.2. The molecule has 1 aromatic heterocycles. The summed E-state index contributed by atoms with van der Waals surface area (Å²) in [6, 6.07) is 18.3. The molecule has 0 aliphatic carbocycles. The molecular formula is C25H21NO6. The van der Waals surface area contributed by atoms with E-state index in [0.29, 0.717) is 22.6 Å². The lowest BCUT2D eigenvalue weighted by Crippen LogP contribution is -2.17. The Bertz CT molecular complexity index is 1100. The Morgan fingerprint density at radius 1 is 0.844 bits per heavy atom. The van der Waals surface area contributed by atoms with Crippen molar-refractivity contribution in [1.29, 1.82) is 0 Å². The topological polar surface area (TPSA) is 103 Å². The van der Waals surface area contributed by atoms with E-state index in [0.717, 1.165) is 0 Å². The van der Waals surface area contributed by atoms with E-state index in [2.05, 4.69) is 5.32 Å². The van der Waals surface area contributed by atoms with Gasteiger partial charge in [0.05, 0.1) is 12.7 Å². The summed E-state index contributed by atoms with van der Waals surface area (Å²) in [7, 11) is 0. The van der Waals surface area contributed by atoms with Gasteiger partial charge in [0.2, 0.25) is 5.91 Å². The number of nitrogens with one attached hydrogen (secondary N) is 1. The molecule has 7 nitrogen and oxygen atoms in total. The second-order valence-corrected chi connectivity index (χ2v) is 6.79. The van der Waals surface area contributed by atoms with Crippen molar-refractivity contribution in [2.75, 3.05) is 11.9 Å². The monoisotopic (exact) mass is 431 g/mol. The quantitative estimate of drug-likeness (QED) is 0.291. The van der Waals surface area contributed by atoms with E-state index in [4.69, 9.17) is 9.15 Å². The Kier molecular flexibility index (Phi) is 7.86. The van der Waals surface area contributed by atoms with Crippen molar-refractivity contribution in [2.45, 2.75) is 12.8 Å². The number of hydrogen-bond donors (Lipinski definition) is 1. The van der Waals surface area contributed by atoms with Crippen molar-refractivity contribution in [3.8, 4) is 0 Å². The fourth-order valence-corrected chi connectivity index (χ4v) is 2.72. The van der Waals surface area contributed by atoms with Crippen LogP contribution in [0.5, 0.6) is 0 Å². The van der Waals surface area contributed by atoms with E-state index < -0.39 is 5.97 Å². The van der Waals surface area contributed by atoms with Crippen LogP contribution in [0.25, 0.3) is 6.08 Å². The van der Waals surface area contributed by atoms with Crippen LogP contribution >= 0.6 is 0 Å². The lowest BCUT2D eigenvalue weighted by atomic mass is 10.1. The van der Waals surface area contributed by atoms with Gasteiger partial charge in [0.15, 0.2) is 18.2 Å². The largest absolute Gasteiger partial charge is 0.465 e. The van der Waals surface area contributed by atoms with Crippen LogP contribution in [-0.2, 0) is 14.3 Å². The highest BCUT2D eigenvalue weighted by Gasteiger charge is 2.12. The third-order valence-corrected chi connectivity index (χ3v) is 4.41. The predicted octanol–water partition coefficient (Wildman–Crippen LogP) is 4.32. The molecule has 0 saturated carbocycles. The van der Waals surface area contributed by atoms with E-state index in [-0.39, 0.29) is 36.9 Å². The van der Waals surface area contributed by atoms with Gasteiger partial charge in [-0.2, -0.15) is 0 Å². The molecule has 3 aromatic rings. The highest BCUT2D eigenvalue weighted by molar-refractivity contribution is 6.07. The van der Waals surface area contributed by atoms with Crippen LogP contribution in [0.3, 0.4) is 0 Å². The number of ketones is 2. The van der Waals surface area contributed by atoms with Crippen molar-refractivity contribution in [3.63, 3.8) is 0 Å². The van der Waals surface area contributed by atoms with Gasteiger partial charge in [-0.3, -0.25) is 19.2 Å². The summed E-state index contributed by atoms with van der Waals surface area (Å²) in [5, 5.41) is 2.65. The smallest absolute Gasteiger partial charge is 0.306 e. The zero-order valence-corrected chi connectivity index (χ0v) is 17.2. The van der Waals surface area contributed by atoms with E-state index >= 15 is 0 Å². The van der Waals surface area contributed by atoms with Crippen LogP contribution in [0.15, 0.2) is 83.5 Å². The predicted molar refractivity (Wildman–Crippen MR) is 118 cm³/mol. The molecule has 162 valence electrons. The summed E-state index contributed by atoms with van der Waals surface area (Å²) in [5.74, 6) is -0.948. The molecule has 0 atom stereocenters. The van der Waals surface area contributed by atoms with Crippen LogP contribution in [0.2, 0.25) is 0 Å². The number of rotatable bonds is 10. The Hall–Kier alpha value is -4.26. The molecule has 0 saturated heterocycles. The maximum absolute atomic E-state index is 12.2. The second kappa shape index (κ2) is 11.2. The van der Waals surface area contributed by atoms with Crippen molar-refractivity contribution in [1.82, 2.24) is 0 Å². The molecule has 0 spiro atoms.